The van der Waals surface area contributed by atoms with E-state index >= 15 is 0 Å². The van der Waals surface area contributed by atoms with Gasteiger partial charge in [0.25, 0.3) is 0 Å². The van der Waals surface area contributed by atoms with Crippen LogP contribution >= 0.6 is 11.6 Å². The van der Waals surface area contributed by atoms with Crippen molar-refractivity contribution in [3.05, 3.63) is 28.8 Å². The molecule has 1 amide bonds. The summed E-state index contributed by atoms with van der Waals surface area (Å²) in [5.74, 6) is 0.895. The van der Waals surface area contributed by atoms with Crippen LogP contribution in [-0.2, 0) is 4.79 Å². The van der Waals surface area contributed by atoms with Gasteiger partial charge in [0.1, 0.15) is 11.4 Å². The van der Waals surface area contributed by atoms with Crippen LogP contribution in [0.2, 0.25) is 5.02 Å². The molecule has 1 aromatic rings. The molecule has 148 valence electrons. The lowest BCUT2D eigenvalue weighted by molar-refractivity contribution is -0.135. The monoisotopic (exact) mass is 392 g/mol. The summed E-state index contributed by atoms with van der Waals surface area (Å²) >= 11 is 6.00. The van der Waals surface area contributed by atoms with Crippen LogP contribution in [-0.4, -0.2) is 60.3 Å². The number of nitrogens with zero attached hydrogens (tertiary/aromatic N) is 2. The van der Waals surface area contributed by atoms with E-state index in [4.69, 9.17) is 16.3 Å². The Morgan fingerprint density at radius 3 is 2.74 bits per heavy atom. The van der Waals surface area contributed by atoms with Crippen LogP contribution < -0.4 is 4.74 Å². The first-order valence-corrected chi connectivity index (χ1v) is 10.3. The highest BCUT2D eigenvalue weighted by atomic mass is 35.5. The molecule has 0 unspecified atom stereocenters. The summed E-state index contributed by atoms with van der Waals surface area (Å²) in [7, 11) is 2.07. The number of benzene rings is 1. The van der Waals surface area contributed by atoms with Gasteiger partial charge in [-0.25, -0.2) is 0 Å². The van der Waals surface area contributed by atoms with Crippen molar-refractivity contribution in [2.75, 3.05) is 33.2 Å². The largest absolute Gasteiger partial charge is 0.486 e. The minimum Gasteiger partial charge on any atom is -0.486 e. The molecular formula is C21H29ClN2O3. The van der Waals surface area contributed by atoms with E-state index in [1.165, 1.54) is 6.42 Å². The maximum atomic E-state index is 12.6. The number of ketones is 1. The van der Waals surface area contributed by atoms with Crippen LogP contribution in [0, 0.1) is 0 Å². The van der Waals surface area contributed by atoms with E-state index < -0.39 is 5.60 Å². The van der Waals surface area contributed by atoms with Crippen molar-refractivity contribution in [3.63, 3.8) is 0 Å². The Hall–Kier alpha value is -1.59. The van der Waals surface area contributed by atoms with Crippen LogP contribution in [0.4, 0.5) is 0 Å². The fraction of sp³-hybridized carbons (Fsp3) is 0.619. The summed E-state index contributed by atoms with van der Waals surface area (Å²) < 4.78 is 6.23. The molecular weight excluding hydrogens is 364 g/mol. The fourth-order valence-electron chi connectivity index (χ4n) is 3.89. The smallest absolute Gasteiger partial charge is 0.223 e. The lowest BCUT2D eigenvalue weighted by Gasteiger charge is -2.44. The minimum atomic E-state index is -0.480. The summed E-state index contributed by atoms with van der Waals surface area (Å²) in [6, 6.07) is 5.21. The van der Waals surface area contributed by atoms with Crippen molar-refractivity contribution in [2.45, 2.75) is 51.0 Å². The highest BCUT2D eigenvalue weighted by Gasteiger charge is 2.43. The number of carbonyl (C=O) groups is 2. The quantitative estimate of drug-likeness (QED) is 0.739. The number of hydrogen-bond acceptors (Lipinski definition) is 4. The minimum absolute atomic E-state index is 0.0797. The number of hydrogen-bond donors (Lipinski definition) is 0. The number of Topliss-reactive ketones (excluding diaryl/α,β-unsaturated/α-hetero) is 1. The molecule has 1 spiro atoms. The van der Waals surface area contributed by atoms with Crippen LogP contribution in [0.15, 0.2) is 18.2 Å². The number of rotatable bonds is 6. The maximum Gasteiger partial charge on any atom is 0.223 e. The Bertz CT molecular complexity index is 699. The maximum absolute atomic E-state index is 12.6. The van der Waals surface area contributed by atoms with E-state index in [2.05, 4.69) is 18.9 Å². The molecule has 0 atom stereocenters. The van der Waals surface area contributed by atoms with E-state index in [-0.39, 0.29) is 11.7 Å². The lowest BCUT2D eigenvalue weighted by atomic mass is 9.82. The number of halogens is 1. The molecule has 2 aliphatic rings. The first-order chi connectivity index (χ1) is 12.9. The van der Waals surface area contributed by atoms with Crippen molar-refractivity contribution < 1.29 is 14.3 Å². The van der Waals surface area contributed by atoms with Gasteiger partial charge in [0.15, 0.2) is 5.78 Å². The van der Waals surface area contributed by atoms with E-state index in [9.17, 15) is 9.59 Å². The van der Waals surface area contributed by atoms with Crippen molar-refractivity contribution >= 4 is 23.3 Å². The second-order valence-electron chi connectivity index (χ2n) is 7.81. The molecule has 0 aromatic heterocycles. The standard InChI is InChI=1S/C21H29ClN2O3/c1-3-4-10-23(2)11-7-20(26)24-12-8-21(9-13-24)15-18(25)17-14-16(22)5-6-19(17)27-21/h5-6,14H,3-4,7-13,15H2,1-2H3. The number of likely N-dealkylation sites (tertiary alicyclic amines) is 1. The topological polar surface area (TPSA) is 49.9 Å². The van der Waals surface area contributed by atoms with Gasteiger partial charge in [0.2, 0.25) is 5.91 Å². The molecule has 1 aromatic carbocycles. The number of piperidine rings is 1. The van der Waals surface area contributed by atoms with Crippen LogP contribution in [0.1, 0.15) is 55.8 Å². The molecule has 2 heterocycles. The zero-order valence-corrected chi connectivity index (χ0v) is 17.1. The Balaban J connectivity index is 1.53. The summed E-state index contributed by atoms with van der Waals surface area (Å²) in [5, 5.41) is 0.547. The average Bonchev–Trinajstić information content (AvgIpc) is 2.66. The van der Waals surface area contributed by atoms with Crippen LogP contribution in [0.25, 0.3) is 0 Å². The molecule has 6 heteroatoms. The molecule has 0 aliphatic carbocycles. The molecule has 1 fully saturated rings. The number of unbranched alkanes of at least 4 members (excludes halogenated alkanes) is 1. The molecule has 3 rings (SSSR count). The highest BCUT2D eigenvalue weighted by Crippen LogP contribution is 2.40. The molecule has 0 N–H and O–H groups in total. The molecule has 0 radical (unpaired) electrons. The summed E-state index contributed by atoms with van der Waals surface area (Å²) in [5.41, 5.74) is 0.0915. The Morgan fingerprint density at radius 1 is 1.30 bits per heavy atom. The Labute approximate surface area is 166 Å². The summed E-state index contributed by atoms with van der Waals surface area (Å²) in [6.07, 6.45) is 4.63. The van der Waals surface area contributed by atoms with Gasteiger partial charge in [-0.3, -0.25) is 9.59 Å². The second-order valence-corrected chi connectivity index (χ2v) is 8.25. The number of amides is 1. The number of ether oxygens (including phenoxy) is 1. The van der Waals surface area contributed by atoms with Gasteiger partial charge in [-0.15, -0.1) is 0 Å². The predicted octanol–water partition coefficient (Wildman–Crippen LogP) is 3.79. The third-order valence-corrected chi connectivity index (χ3v) is 5.91. The second kappa shape index (κ2) is 8.61. The Morgan fingerprint density at radius 2 is 2.04 bits per heavy atom. The lowest BCUT2D eigenvalue weighted by Crippen LogP contribution is -2.52. The first-order valence-electron chi connectivity index (χ1n) is 9.90. The van der Waals surface area contributed by atoms with Gasteiger partial charge in [-0.05, 0) is 38.2 Å². The zero-order chi connectivity index (χ0) is 19.4. The third kappa shape index (κ3) is 4.82. The van der Waals surface area contributed by atoms with E-state index in [1.54, 1.807) is 18.2 Å². The van der Waals surface area contributed by atoms with E-state index in [0.717, 1.165) is 19.5 Å². The number of fused-ring (bicyclic) bond motifs is 1. The molecule has 27 heavy (non-hydrogen) atoms. The van der Waals surface area contributed by atoms with Gasteiger partial charge in [0, 0.05) is 43.9 Å². The van der Waals surface area contributed by atoms with E-state index in [0.29, 0.717) is 55.1 Å². The van der Waals surface area contributed by atoms with Gasteiger partial charge in [-0.1, -0.05) is 24.9 Å². The van der Waals surface area contributed by atoms with Crippen LogP contribution in [0.3, 0.4) is 0 Å². The van der Waals surface area contributed by atoms with Gasteiger partial charge >= 0.3 is 0 Å². The van der Waals surface area contributed by atoms with Crippen molar-refractivity contribution in [3.8, 4) is 5.75 Å². The van der Waals surface area contributed by atoms with Gasteiger partial charge < -0.3 is 14.5 Å². The molecule has 0 bridgehead atoms. The average molecular weight is 393 g/mol. The fourth-order valence-corrected chi connectivity index (χ4v) is 4.07. The van der Waals surface area contributed by atoms with Crippen molar-refractivity contribution in [1.82, 2.24) is 9.80 Å². The predicted molar refractivity (Wildman–Crippen MR) is 107 cm³/mol. The first kappa shape index (κ1) is 20.2. The zero-order valence-electron chi connectivity index (χ0n) is 16.3. The van der Waals surface area contributed by atoms with Crippen molar-refractivity contribution in [1.29, 1.82) is 0 Å². The Kier molecular flexibility index (Phi) is 6.43. The van der Waals surface area contributed by atoms with Gasteiger partial charge in [-0.2, -0.15) is 0 Å². The number of carbonyl (C=O) groups excluding carboxylic acids is 2. The van der Waals surface area contributed by atoms with Crippen molar-refractivity contribution in [2.24, 2.45) is 0 Å². The molecule has 5 nitrogen and oxygen atoms in total. The van der Waals surface area contributed by atoms with E-state index in [1.807, 2.05) is 4.90 Å². The molecule has 1 saturated heterocycles. The normalized spacial score (nSPS) is 18.5. The summed E-state index contributed by atoms with van der Waals surface area (Å²) in [4.78, 5) is 29.2. The van der Waals surface area contributed by atoms with Crippen LogP contribution in [0.5, 0.6) is 5.75 Å². The van der Waals surface area contributed by atoms with Gasteiger partial charge in [0.05, 0.1) is 12.0 Å². The highest BCUT2D eigenvalue weighted by molar-refractivity contribution is 6.31. The molecule has 2 aliphatic heterocycles. The molecule has 0 saturated carbocycles. The SMILES string of the molecule is CCCCN(C)CCC(=O)N1CCC2(CC1)CC(=O)c1cc(Cl)ccc1O2. The summed E-state index contributed by atoms with van der Waals surface area (Å²) in [6.45, 7) is 5.30. The third-order valence-electron chi connectivity index (χ3n) is 5.68.